The van der Waals surface area contributed by atoms with Gasteiger partial charge in [0.2, 0.25) is 10.0 Å². The molecular formula is C17H26N3O4S+. The second-order valence-corrected chi connectivity index (χ2v) is 7.93. The SMILES string of the molecule is C=CCNC(=O)[C@H](C)[NH+]1CCN(S(=O)(=O)c2ccc(OC)cc2)CC1. The third-order valence-corrected chi connectivity index (χ3v) is 6.40. The highest BCUT2D eigenvalue weighted by Gasteiger charge is 2.34. The van der Waals surface area contributed by atoms with Crippen LogP contribution in [0.3, 0.4) is 0 Å². The molecule has 1 aliphatic rings. The van der Waals surface area contributed by atoms with Gasteiger partial charge in [0.1, 0.15) is 5.75 Å². The molecule has 0 aliphatic carbocycles. The van der Waals surface area contributed by atoms with Crippen molar-refractivity contribution in [3.05, 3.63) is 36.9 Å². The Balaban J connectivity index is 1.98. The molecule has 25 heavy (non-hydrogen) atoms. The van der Waals surface area contributed by atoms with E-state index in [0.717, 1.165) is 4.90 Å². The quantitative estimate of drug-likeness (QED) is 0.622. The van der Waals surface area contributed by atoms with Gasteiger partial charge in [-0.3, -0.25) is 4.79 Å². The summed E-state index contributed by atoms with van der Waals surface area (Å²) < 4.78 is 32.0. The summed E-state index contributed by atoms with van der Waals surface area (Å²) in [4.78, 5) is 13.4. The van der Waals surface area contributed by atoms with Crippen LogP contribution in [0.1, 0.15) is 6.92 Å². The Morgan fingerprint density at radius 1 is 1.36 bits per heavy atom. The van der Waals surface area contributed by atoms with Crippen LogP contribution in [0.5, 0.6) is 5.75 Å². The Kier molecular flexibility index (Phi) is 6.57. The maximum absolute atomic E-state index is 12.7. The number of benzene rings is 1. The fraction of sp³-hybridized carbons (Fsp3) is 0.471. The average Bonchev–Trinajstić information content (AvgIpc) is 2.65. The number of rotatable bonds is 7. The van der Waals surface area contributed by atoms with Gasteiger partial charge in [-0.25, -0.2) is 8.42 Å². The van der Waals surface area contributed by atoms with Gasteiger partial charge in [-0.1, -0.05) is 6.08 Å². The minimum absolute atomic E-state index is 0.0404. The van der Waals surface area contributed by atoms with E-state index in [0.29, 0.717) is 38.5 Å². The van der Waals surface area contributed by atoms with Gasteiger partial charge in [0, 0.05) is 6.54 Å². The summed E-state index contributed by atoms with van der Waals surface area (Å²) in [6.45, 7) is 7.85. The van der Waals surface area contributed by atoms with Crippen molar-refractivity contribution in [1.82, 2.24) is 9.62 Å². The summed E-state index contributed by atoms with van der Waals surface area (Å²) in [6.07, 6.45) is 1.64. The van der Waals surface area contributed by atoms with Gasteiger partial charge in [-0.2, -0.15) is 4.31 Å². The van der Waals surface area contributed by atoms with Crippen LogP contribution < -0.4 is 15.0 Å². The van der Waals surface area contributed by atoms with E-state index in [1.165, 1.54) is 11.4 Å². The van der Waals surface area contributed by atoms with E-state index < -0.39 is 10.0 Å². The van der Waals surface area contributed by atoms with Crippen molar-refractivity contribution in [3.8, 4) is 5.75 Å². The molecule has 0 radical (unpaired) electrons. The molecule has 0 aromatic heterocycles. The largest absolute Gasteiger partial charge is 0.497 e. The minimum Gasteiger partial charge on any atom is -0.497 e. The molecule has 1 saturated heterocycles. The number of piperazine rings is 1. The zero-order valence-electron chi connectivity index (χ0n) is 14.7. The van der Waals surface area contributed by atoms with Gasteiger partial charge in [0.05, 0.1) is 38.2 Å². The summed E-state index contributed by atoms with van der Waals surface area (Å²) in [5, 5.41) is 2.79. The Morgan fingerprint density at radius 3 is 2.48 bits per heavy atom. The topological polar surface area (TPSA) is 80.2 Å². The molecule has 1 heterocycles. The Morgan fingerprint density at radius 2 is 1.96 bits per heavy atom. The molecule has 1 aliphatic heterocycles. The summed E-state index contributed by atoms with van der Waals surface area (Å²) in [5.41, 5.74) is 0. The molecule has 1 amide bonds. The summed E-state index contributed by atoms with van der Waals surface area (Å²) >= 11 is 0. The number of hydrogen-bond acceptors (Lipinski definition) is 4. The van der Waals surface area contributed by atoms with Gasteiger partial charge in [0.15, 0.2) is 6.04 Å². The monoisotopic (exact) mass is 368 g/mol. The Labute approximate surface area is 149 Å². The standard InChI is InChI=1S/C17H25N3O4S/c1-4-9-18-17(21)14(2)19-10-12-20(13-11-19)25(22,23)16-7-5-15(24-3)6-8-16/h4-8,14H,1,9-13H2,2-3H3,(H,18,21)/p+1/t14-/m0/s1. The summed E-state index contributed by atoms with van der Waals surface area (Å²) in [5.74, 6) is 0.578. The van der Waals surface area contributed by atoms with E-state index in [1.54, 1.807) is 30.3 Å². The van der Waals surface area contributed by atoms with Crippen molar-refractivity contribution in [2.24, 2.45) is 0 Å². The van der Waals surface area contributed by atoms with Gasteiger partial charge >= 0.3 is 0 Å². The van der Waals surface area contributed by atoms with Crippen LogP contribution in [0.25, 0.3) is 0 Å². The predicted molar refractivity (Wildman–Crippen MR) is 95.1 cm³/mol. The molecule has 0 bridgehead atoms. The number of quaternary nitrogens is 1. The smallest absolute Gasteiger partial charge is 0.278 e. The molecule has 0 saturated carbocycles. The Bertz CT molecular complexity index is 695. The van der Waals surface area contributed by atoms with E-state index in [9.17, 15) is 13.2 Å². The third kappa shape index (κ3) is 4.59. The van der Waals surface area contributed by atoms with Crippen molar-refractivity contribution in [3.63, 3.8) is 0 Å². The van der Waals surface area contributed by atoms with Gasteiger partial charge in [0.25, 0.3) is 5.91 Å². The summed E-state index contributed by atoms with van der Waals surface area (Å²) in [7, 11) is -1.98. The van der Waals surface area contributed by atoms with Crippen molar-refractivity contribution in [2.75, 3.05) is 39.8 Å². The van der Waals surface area contributed by atoms with Crippen molar-refractivity contribution in [1.29, 1.82) is 0 Å². The highest BCUT2D eigenvalue weighted by Crippen LogP contribution is 2.19. The van der Waals surface area contributed by atoms with E-state index in [2.05, 4.69) is 11.9 Å². The molecule has 1 atom stereocenters. The van der Waals surface area contributed by atoms with Crippen LogP contribution in [0.15, 0.2) is 41.8 Å². The molecule has 7 nitrogen and oxygen atoms in total. The van der Waals surface area contributed by atoms with Gasteiger partial charge in [-0.15, -0.1) is 6.58 Å². The number of amides is 1. The van der Waals surface area contributed by atoms with Gasteiger partial charge < -0.3 is 15.0 Å². The molecule has 1 fully saturated rings. The minimum atomic E-state index is -3.52. The molecule has 0 unspecified atom stereocenters. The number of nitrogens with one attached hydrogen (secondary N) is 2. The van der Waals surface area contributed by atoms with Crippen LogP contribution >= 0.6 is 0 Å². The summed E-state index contributed by atoms with van der Waals surface area (Å²) in [6, 6.07) is 6.17. The van der Waals surface area contributed by atoms with E-state index in [1.807, 2.05) is 6.92 Å². The second kappa shape index (κ2) is 8.46. The third-order valence-electron chi connectivity index (χ3n) is 4.49. The first-order chi connectivity index (χ1) is 11.9. The molecule has 8 heteroatoms. The number of carbonyl (C=O) groups excluding carboxylic acids is 1. The van der Waals surface area contributed by atoms with Crippen LogP contribution in [-0.4, -0.2) is 64.5 Å². The lowest BCUT2D eigenvalue weighted by Gasteiger charge is -2.34. The highest BCUT2D eigenvalue weighted by molar-refractivity contribution is 7.89. The number of ether oxygens (including phenoxy) is 1. The molecular weight excluding hydrogens is 342 g/mol. The molecule has 1 aromatic rings. The fourth-order valence-corrected chi connectivity index (χ4v) is 4.30. The normalized spacial score (nSPS) is 17.7. The van der Waals surface area contributed by atoms with E-state index in [4.69, 9.17) is 4.74 Å². The molecule has 1 aromatic carbocycles. The molecule has 2 N–H and O–H groups in total. The average molecular weight is 368 g/mol. The maximum atomic E-state index is 12.7. The zero-order chi connectivity index (χ0) is 18.4. The number of carbonyl (C=O) groups is 1. The molecule has 0 spiro atoms. The molecule has 2 rings (SSSR count). The number of nitrogens with zero attached hydrogens (tertiary/aromatic N) is 1. The number of methoxy groups -OCH3 is 1. The maximum Gasteiger partial charge on any atom is 0.278 e. The lowest BCUT2D eigenvalue weighted by Crippen LogP contribution is -3.19. The van der Waals surface area contributed by atoms with Crippen LogP contribution in [0.2, 0.25) is 0 Å². The van der Waals surface area contributed by atoms with E-state index >= 15 is 0 Å². The Hall–Kier alpha value is -1.90. The number of hydrogen-bond donors (Lipinski definition) is 2. The predicted octanol–water partition coefficient (Wildman–Crippen LogP) is -0.725. The first-order valence-corrected chi connectivity index (χ1v) is 9.71. The first-order valence-electron chi connectivity index (χ1n) is 8.27. The zero-order valence-corrected chi connectivity index (χ0v) is 15.5. The second-order valence-electron chi connectivity index (χ2n) is 5.99. The van der Waals surface area contributed by atoms with Crippen LogP contribution in [-0.2, 0) is 14.8 Å². The van der Waals surface area contributed by atoms with Crippen molar-refractivity contribution in [2.45, 2.75) is 17.9 Å². The fourth-order valence-electron chi connectivity index (χ4n) is 2.85. The van der Waals surface area contributed by atoms with E-state index in [-0.39, 0.29) is 16.8 Å². The van der Waals surface area contributed by atoms with Crippen molar-refractivity contribution < 1.29 is 22.8 Å². The molecule has 138 valence electrons. The highest BCUT2D eigenvalue weighted by atomic mass is 32.2. The lowest BCUT2D eigenvalue weighted by molar-refractivity contribution is -0.917. The van der Waals surface area contributed by atoms with Crippen LogP contribution in [0, 0.1) is 0 Å². The number of sulfonamides is 1. The van der Waals surface area contributed by atoms with Crippen LogP contribution in [0.4, 0.5) is 0 Å². The van der Waals surface area contributed by atoms with Gasteiger partial charge in [-0.05, 0) is 31.2 Å². The lowest BCUT2D eigenvalue weighted by atomic mass is 10.2. The van der Waals surface area contributed by atoms with Crippen molar-refractivity contribution >= 4 is 15.9 Å². The first kappa shape index (κ1) is 19.4.